The van der Waals surface area contributed by atoms with E-state index in [1.165, 1.54) is 28.0 Å². The Bertz CT molecular complexity index is 1440. The monoisotopic (exact) mass is 572 g/mol. The van der Waals surface area contributed by atoms with E-state index in [0.717, 1.165) is 12.8 Å². The van der Waals surface area contributed by atoms with Crippen LogP contribution in [0, 0.1) is 5.41 Å². The van der Waals surface area contributed by atoms with Gasteiger partial charge in [-0.15, -0.1) is 11.3 Å². The summed E-state index contributed by atoms with van der Waals surface area (Å²) < 4.78 is 0. The number of amidine groups is 1. The topological polar surface area (TPSA) is 150 Å². The molecule has 0 aliphatic carbocycles. The molecule has 1 aromatic heterocycles. The molecule has 3 heterocycles. The zero-order valence-corrected chi connectivity index (χ0v) is 23.3. The van der Waals surface area contributed by atoms with Crippen molar-refractivity contribution in [2.45, 2.75) is 50.2 Å². The van der Waals surface area contributed by atoms with Crippen molar-refractivity contribution in [2.75, 3.05) is 13.1 Å². The third-order valence-electron chi connectivity index (χ3n) is 7.59. The largest absolute Gasteiger partial charge is 0.384 e. The van der Waals surface area contributed by atoms with Crippen molar-refractivity contribution in [1.82, 2.24) is 20.1 Å². The second-order valence-corrected chi connectivity index (χ2v) is 11.2. The summed E-state index contributed by atoms with van der Waals surface area (Å²) in [6, 6.07) is 14.5. The minimum Gasteiger partial charge on any atom is -0.384 e. The SMILES string of the molecule is N=C(N)c1cccc(CC(NC(=O)[C@H]2CC[C@@H]3C(=O)N(CCCc4ccccc4)CC(=O)N23)C(=O)c2nccs2)c1. The van der Waals surface area contributed by atoms with Gasteiger partial charge < -0.3 is 20.9 Å². The van der Waals surface area contributed by atoms with Gasteiger partial charge in [0.15, 0.2) is 5.01 Å². The first-order valence-electron chi connectivity index (χ1n) is 13.6. The molecule has 1 unspecified atom stereocenters. The van der Waals surface area contributed by atoms with E-state index in [4.69, 9.17) is 11.1 Å². The number of aromatic nitrogens is 1. The number of nitrogens with zero attached hydrogens (tertiary/aromatic N) is 3. The van der Waals surface area contributed by atoms with Crippen LogP contribution in [0.2, 0.25) is 0 Å². The van der Waals surface area contributed by atoms with Crippen LogP contribution >= 0.6 is 11.3 Å². The summed E-state index contributed by atoms with van der Waals surface area (Å²) in [5.74, 6) is -1.31. The van der Waals surface area contributed by atoms with Crippen molar-refractivity contribution in [3.63, 3.8) is 0 Å². The lowest BCUT2D eigenvalue weighted by molar-refractivity contribution is -0.157. The highest BCUT2D eigenvalue weighted by atomic mass is 32.1. The highest BCUT2D eigenvalue weighted by Gasteiger charge is 2.49. The number of Topliss-reactive ketones (excluding diaryl/α,β-unsaturated/α-hetero) is 1. The number of piperazine rings is 1. The number of nitrogens with two attached hydrogens (primary N) is 1. The molecular formula is C30H32N6O4S. The fourth-order valence-electron chi connectivity index (χ4n) is 5.57. The molecule has 2 saturated heterocycles. The van der Waals surface area contributed by atoms with Gasteiger partial charge in [0, 0.05) is 30.1 Å². The Morgan fingerprint density at radius 1 is 1.10 bits per heavy atom. The summed E-state index contributed by atoms with van der Waals surface area (Å²) in [6.45, 7) is 0.414. The predicted octanol–water partition coefficient (Wildman–Crippen LogP) is 2.17. The molecule has 41 heavy (non-hydrogen) atoms. The summed E-state index contributed by atoms with van der Waals surface area (Å²) in [6.07, 6.45) is 3.96. The maximum atomic E-state index is 13.6. The quantitative estimate of drug-likeness (QED) is 0.182. The van der Waals surface area contributed by atoms with Gasteiger partial charge >= 0.3 is 0 Å². The van der Waals surface area contributed by atoms with Crippen LogP contribution in [0.4, 0.5) is 0 Å². The molecule has 3 atom stereocenters. The first kappa shape index (κ1) is 28.2. The molecule has 5 rings (SSSR count). The van der Waals surface area contributed by atoms with Crippen LogP contribution in [0.1, 0.15) is 45.8 Å². The van der Waals surface area contributed by atoms with E-state index in [1.54, 1.807) is 34.5 Å². The molecule has 10 nitrogen and oxygen atoms in total. The van der Waals surface area contributed by atoms with Crippen LogP contribution < -0.4 is 11.1 Å². The summed E-state index contributed by atoms with van der Waals surface area (Å²) in [5, 5.41) is 12.5. The van der Waals surface area contributed by atoms with E-state index in [2.05, 4.69) is 10.3 Å². The Labute approximate surface area is 242 Å². The average Bonchev–Trinajstić information content (AvgIpc) is 3.67. The molecule has 0 radical (unpaired) electrons. The maximum absolute atomic E-state index is 13.6. The number of nitrogens with one attached hydrogen (secondary N) is 2. The number of nitrogen functional groups attached to an aromatic ring is 1. The second-order valence-electron chi connectivity index (χ2n) is 10.3. The molecule has 0 saturated carbocycles. The summed E-state index contributed by atoms with van der Waals surface area (Å²) in [7, 11) is 0. The first-order chi connectivity index (χ1) is 19.8. The fraction of sp³-hybridized carbons (Fsp3) is 0.333. The van der Waals surface area contributed by atoms with Crippen molar-refractivity contribution >= 4 is 40.7 Å². The van der Waals surface area contributed by atoms with Crippen molar-refractivity contribution in [1.29, 1.82) is 5.41 Å². The van der Waals surface area contributed by atoms with Gasteiger partial charge in [-0.2, -0.15) is 0 Å². The van der Waals surface area contributed by atoms with Gasteiger partial charge in [0.05, 0.1) is 12.6 Å². The Morgan fingerprint density at radius 3 is 2.61 bits per heavy atom. The second kappa shape index (κ2) is 12.4. The molecule has 2 fully saturated rings. The van der Waals surface area contributed by atoms with E-state index < -0.39 is 24.0 Å². The third-order valence-corrected chi connectivity index (χ3v) is 8.38. The number of hydrogen-bond acceptors (Lipinski definition) is 7. The van der Waals surface area contributed by atoms with E-state index in [0.29, 0.717) is 30.5 Å². The van der Waals surface area contributed by atoms with Crippen LogP contribution in [-0.4, -0.2) is 75.3 Å². The highest BCUT2D eigenvalue weighted by molar-refractivity contribution is 7.11. The number of rotatable bonds is 11. The number of carbonyl (C=O) groups is 4. The number of amides is 3. The lowest BCUT2D eigenvalue weighted by atomic mass is 9.99. The Kier molecular flexibility index (Phi) is 8.53. The molecule has 2 aliphatic heterocycles. The number of ketones is 1. The molecule has 11 heteroatoms. The van der Waals surface area contributed by atoms with Gasteiger partial charge in [0.25, 0.3) is 0 Å². The van der Waals surface area contributed by atoms with Gasteiger partial charge in [-0.1, -0.05) is 48.5 Å². The number of carbonyl (C=O) groups excluding carboxylic acids is 4. The normalized spacial score (nSPS) is 19.1. The first-order valence-corrected chi connectivity index (χ1v) is 14.5. The van der Waals surface area contributed by atoms with Crippen LogP contribution in [-0.2, 0) is 27.2 Å². The maximum Gasteiger partial charge on any atom is 0.245 e. The molecule has 0 spiro atoms. The minimum atomic E-state index is -0.944. The molecule has 3 aromatic rings. The van der Waals surface area contributed by atoms with Gasteiger partial charge in [0.2, 0.25) is 23.5 Å². The highest BCUT2D eigenvalue weighted by Crippen LogP contribution is 2.30. The number of fused-ring (bicyclic) bond motifs is 1. The Balaban J connectivity index is 1.26. The van der Waals surface area contributed by atoms with E-state index in [-0.39, 0.29) is 41.4 Å². The molecular weight excluding hydrogens is 540 g/mol. The minimum absolute atomic E-state index is 0.0623. The van der Waals surface area contributed by atoms with Crippen LogP contribution in [0.15, 0.2) is 66.2 Å². The predicted molar refractivity (Wildman–Crippen MR) is 155 cm³/mol. The molecule has 3 amide bonds. The van der Waals surface area contributed by atoms with Crippen LogP contribution in [0.5, 0.6) is 0 Å². The van der Waals surface area contributed by atoms with E-state index in [9.17, 15) is 19.2 Å². The van der Waals surface area contributed by atoms with Crippen molar-refractivity contribution in [2.24, 2.45) is 5.73 Å². The molecule has 0 bridgehead atoms. The molecule has 212 valence electrons. The van der Waals surface area contributed by atoms with Gasteiger partial charge in [-0.3, -0.25) is 24.6 Å². The third kappa shape index (κ3) is 6.35. The average molecular weight is 573 g/mol. The number of aryl methyl sites for hydroxylation is 1. The number of benzene rings is 2. The fourth-order valence-corrected chi connectivity index (χ4v) is 6.20. The molecule has 2 aliphatic rings. The van der Waals surface area contributed by atoms with Crippen molar-refractivity contribution in [3.8, 4) is 0 Å². The van der Waals surface area contributed by atoms with E-state index in [1.807, 2.05) is 30.3 Å². The summed E-state index contributed by atoms with van der Waals surface area (Å²) >= 11 is 1.18. The summed E-state index contributed by atoms with van der Waals surface area (Å²) in [5.41, 5.74) is 8.04. The van der Waals surface area contributed by atoms with Gasteiger partial charge in [-0.05, 0) is 42.9 Å². The molecule has 4 N–H and O–H groups in total. The van der Waals surface area contributed by atoms with Crippen molar-refractivity contribution < 1.29 is 19.2 Å². The zero-order valence-electron chi connectivity index (χ0n) is 22.5. The van der Waals surface area contributed by atoms with Gasteiger partial charge in [0.1, 0.15) is 17.9 Å². The summed E-state index contributed by atoms with van der Waals surface area (Å²) in [4.78, 5) is 60.5. The van der Waals surface area contributed by atoms with E-state index >= 15 is 0 Å². The van der Waals surface area contributed by atoms with Crippen LogP contribution in [0.25, 0.3) is 0 Å². The lowest BCUT2D eigenvalue weighted by Gasteiger charge is -2.38. The van der Waals surface area contributed by atoms with Crippen molar-refractivity contribution in [3.05, 3.63) is 87.9 Å². The number of hydrogen-bond donors (Lipinski definition) is 3. The van der Waals surface area contributed by atoms with Gasteiger partial charge in [-0.25, -0.2) is 4.98 Å². The standard InChI is InChI=1S/C30H32N6O4S/c31-27(32)21-10-4-8-20(16-21)17-22(26(38)29-33-13-15-41-29)34-28(39)23-11-12-24-30(40)35(18-25(37)36(23)24)14-5-9-19-6-2-1-3-7-19/h1-4,6-8,10,13,15-16,22-24H,5,9,11-12,14,17-18H2,(H3,31,32)(H,34,39)/t22?,23-,24-/m1/s1. The number of thiazole rings is 1. The smallest absolute Gasteiger partial charge is 0.245 e. The lowest BCUT2D eigenvalue weighted by Crippen LogP contribution is -2.62. The Hall–Kier alpha value is -4.38. The molecule has 2 aromatic carbocycles. The zero-order chi connectivity index (χ0) is 28.9. The van der Waals surface area contributed by atoms with Crippen LogP contribution in [0.3, 0.4) is 0 Å². The Morgan fingerprint density at radius 2 is 1.88 bits per heavy atom.